The van der Waals surface area contributed by atoms with Crippen molar-refractivity contribution in [3.05, 3.63) is 59.2 Å². The number of benzene rings is 2. The van der Waals surface area contributed by atoms with Gasteiger partial charge in [0, 0.05) is 17.9 Å². The number of carbonyl (C=O) groups excluding carboxylic acids is 1. The molecule has 0 fully saturated rings. The highest BCUT2D eigenvalue weighted by Gasteiger charge is 2.11. The van der Waals surface area contributed by atoms with Gasteiger partial charge in [-0.15, -0.1) is 0 Å². The molecule has 0 bridgehead atoms. The zero-order valence-electron chi connectivity index (χ0n) is 12.3. The van der Waals surface area contributed by atoms with Crippen LogP contribution in [0.25, 0.3) is 0 Å². The zero-order chi connectivity index (χ0) is 15.2. The first-order valence-electron chi connectivity index (χ1n) is 6.87. The lowest BCUT2D eigenvalue weighted by atomic mass is 10.1. The van der Waals surface area contributed by atoms with Crippen molar-refractivity contribution in [3.8, 4) is 0 Å². The van der Waals surface area contributed by atoms with Gasteiger partial charge in [0.15, 0.2) is 0 Å². The van der Waals surface area contributed by atoms with E-state index in [4.69, 9.17) is 10.5 Å². The van der Waals surface area contributed by atoms with Gasteiger partial charge < -0.3 is 15.8 Å². The van der Waals surface area contributed by atoms with Crippen molar-refractivity contribution in [2.45, 2.75) is 13.3 Å². The van der Waals surface area contributed by atoms with Crippen LogP contribution in [0.5, 0.6) is 0 Å². The van der Waals surface area contributed by atoms with Crippen LogP contribution in [0.15, 0.2) is 42.5 Å². The Morgan fingerprint density at radius 2 is 2.05 bits per heavy atom. The second kappa shape index (κ2) is 6.79. The summed E-state index contributed by atoms with van der Waals surface area (Å²) in [5, 5.41) is 3.27. The lowest BCUT2D eigenvalue weighted by Gasteiger charge is -2.11. The highest BCUT2D eigenvalue weighted by Crippen LogP contribution is 2.20. The van der Waals surface area contributed by atoms with Crippen LogP contribution in [-0.4, -0.2) is 19.6 Å². The molecule has 0 heterocycles. The zero-order valence-corrected chi connectivity index (χ0v) is 12.3. The number of methoxy groups -OCH3 is 1. The lowest BCUT2D eigenvalue weighted by molar-refractivity contribution is 0.0602. The molecule has 0 unspecified atom stereocenters. The number of hydrogen-bond acceptors (Lipinski definition) is 4. The van der Waals surface area contributed by atoms with E-state index in [0.29, 0.717) is 11.3 Å². The summed E-state index contributed by atoms with van der Waals surface area (Å²) in [7, 11) is 1.36. The predicted octanol–water partition coefficient (Wildman–Crippen LogP) is 3.02. The maximum atomic E-state index is 11.7. The Balaban J connectivity index is 2.04. The van der Waals surface area contributed by atoms with Gasteiger partial charge in [-0.1, -0.05) is 29.8 Å². The van der Waals surface area contributed by atoms with Crippen molar-refractivity contribution in [1.29, 1.82) is 0 Å². The quantitative estimate of drug-likeness (QED) is 0.654. The lowest BCUT2D eigenvalue weighted by Crippen LogP contribution is -2.11. The Morgan fingerprint density at radius 1 is 1.24 bits per heavy atom. The van der Waals surface area contributed by atoms with Gasteiger partial charge in [0.1, 0.15) is 0 Å². The Bertz CT molecular complexity index is 638. The van der Waals surface area contributed by atoms with E-state index in [0.717, 1.165) is 18.7 Å². The van der Waals surface area contributed by atoms with E-state index in [9.17, 15) is 4.79 Å². The normalized spacial score (nSPS) is 10.2. The van der Waals surface area contributed by atoms with Gasteiger partial charge in [0.05, 0.1) is 12.7 Å². The number of aryl methyl sites for hydroxylation is 1. The first kappa shape index (κ1) is 14.9. The molecule has 0 aliphatic heterocycles. The minimum absolute atomic E-state index is 0.389. The molecule has 0 saturated heterocycles. The summed E-state index contributed by atoms with van der Waals surface area (Å²) in [6.07, 6.45) is 0.882. The van der Waals surface area contributed by atoms with Gasteiger partial charge in [-0.2, -0.15) is 0 Å². The predicted molar refractivity (Wildman–Crippen MR) is 85.6 cm³/mol. The molecule has 2 rings (SSSR count). The van der Waals surface area contributed by atoms with Gasteiger partial charge in [-0.25, -0.2) is 4.79 Å². The molecule has 2 aromatic rings. The largest absolute Gasteiger partial charge is 0.465 e. The van der Waals surface area contributed by atoms with Crippen LogP contribution < -0.4 is 11.1 Å². The third-order valence-electron chi connectivity index (χ3n) is 3.26. The van der Waals surface area contributed by atoms with Crippen LogP contribution in [0.2, 0.25) is 0 Å². The second-order valence-corrected chi connectivity index (χ2v) is 4.96. The Hall–Kier alpha value is -2.49. The third-order valence-corrected chi connectivity index (χ3v) is 3.26. The van der Waals surface area contributed by atoms with Crippen molar-refractivity contribution >= 4 is 17.3 Å². The van der Waals surface area contributed by atoms with Crippen LogP contribution in [0.3, 0.4) is 0 Å². The summed E-state index contributed by atoms with van der Waals surface area (Å²) in [6, 6.07) is 13.6. The minimum atomic E-state index is -0.389. The van der Waals surface area contributed by atoms with Gasteiger partial charge in [-0.3, -0.25) is 0 Å². The Labute approximate surface area is 124 Å². The average molecular weight is 284 g/mol. The monoisotopic (exact) mass is 284 g/mol. The first-order chi connectivity index (χ1) is 10.1. The maximum Gasteiger partial charge on any atom is 0.340 e. The average Bonchev–Trinajstić information content (AvgIpc) is 2.48. The molecule has 0 aliphatic carbocycles. The number of carbonyl (C=O) groups is 1. The summed E-state index contributed by atoms with van der Waals surface area (Å²) >= 11 is 0. The molecule has 4 nitrogen and oxygen atoms in total. The van der Waals surface area contributed by atoms with Crippen LogP contribution in [-0.2, 0) is 11.2 Å². The van der Waals surface area contributed by atoms with Crippen molar-refractivity contribution in [3.63, 3.8) is 0 Å². The topological polar surface area (TPSA) is 64.3 Å². The summed E-state index contributed by atoms with van der Waals surface area (Å²) in [6.45, 7) is 2.81. The number of hydrogen-bond donors (Lipinski definition) is 2. The molecule has 3 N–H and O–H groups in total. The summed E-state index contributed by atoms with van der Waals surface area (Å²) < 4.78 is 4.78. The molecule has 0 aliphatic rings. The Morgan fingerprint density at radius 3 is 2.76 bits per heavy atom. The van der Waals surface area contributed by atoms with Gasteiger partial charge in [-0.05, 0) is 37.1 Å². The number of ether oxygens (including phenoxy) is 1. The van der Waals surface area contributed by atoms with Crippen LogP contribution >= 0.6 is 0 Å². The number of nitrogens with two attached hydrogens (primary N) is 1. The second-order valence-electron chi connectivity index (χ2n) is 4.96. The molecule has 110 valence electrons. The molecule has 21 heavy (non-hydrogen) atoms. The molecule has 0 atom stereocenters. The summed E-state index contributed by atoms with van der Waals surface area (Å²) in [5.74, 6) is -0.389. The molecule has 4 heteroatoms. The van der Waals surface area contributed by atoms with Gasteiger partial charge in [0.25, 0.3) is 0 Å². The molecule has 0 amide bonds. The highest BCUT2D eigenvalue weighted by atomic mass is 16.5. The minimum Gasteiger partial charge on any atom is -0.465 e. The molecule has 2 aromatic carbocycles. The molecule has 0 aromatic heterocycles. The van der Waals surface area contributed by atoms with Crippen molar-refractivity contribution < 1.29 is 9.53 Å². The third kappa shape index (κ3) is 3.99. The van der Waals surface area contributed by atoms with E-state index in [-0.39, 0.29) is 5.97 Å². The number of rotatable bonds is 5. The van der Waals surface area contributed by atoms with E-state index in [1.54, 1.807) is 18.2 Å². The molecule has 0 radical (unpaired) electrons. The van der Waals surface area contributed by atoms with Crippen LogP contribution in [0.1, 0.15) is 21.5 Å². The fourth-order valence-electron chi connectivity index (χ4n) is 2.20. The van der Waals surface area contributed by atoms with Gasteiger partial charge in [0.2, 0.25) is 0 Å². The van der Waals surface area contributed by atoms with E-state index < -0.39 is 0 Å². The van der Waals surface area contributed by atoms with E-state index >= 15 is 0 Å². The van der Waals surface area contributed by atoms with Crippen LogP contribution in [0.4, 0.5) is 11.4 Å². The van der Waals surface area contributed by atoms with E-state index in [2.05, 4.69) is 30.4 Å². The summed E-state index contributed by atoms with van der Waals surface area (Å²) in [4.78, 5) is 11.7. The standard InChI is InChI=1S/C17H20N2O2/c1-12-4-3-5-13(10-12)8-9-19-16-7-6-14(18)11-15(16)17(20)21-2/h3-7,10-11,19H,8-9,18H2,1-2H3. The first-order valence-corrected chi connectivity index (χ1v) is 6.87. The van der Waals surface area contributed by atoms with Crippen molar-refractivity contribution in [2.24, 2.45) is 0 Å². The Kier molecular flexibility index (Phi) is 4.82. The highest BCUT2D eigenvalue weighted by molar-refractivity contribution is 5.96. The molecule has 0 spiro atoms. The summed E-state index contributed by atoms with van der Waals surface area (Å²) in [5.41, 5.74) is 9.97. The van der Waals surface area contributed by atoms with Crippen molar-refractivity contribution in [2.75, 3.05) is 24.7 Å². The number of esters is 1. The number of anilines is 2. The van der Waals surface area contributed by atoms with Crippen molar-refractivity contribution in [1.82, 2.24) is 0 Å². The SMILES string of the molecule is COC(=O)c1cc(N)ccc1NCCc1cccc(C)c1. The smallest absolute Gasteiger partial charge is 0.340 e. The maximum absolute atomic E-state index is 11.7. The molecular weight excluding hydrogens is 264 g/mol. The molecular formula is C17H20N2O2. The van der Waals surface area contributed by atoms with E-state index in [1.165, 1.54) is 18.2 Å². The molecule has 0 saturated carbocycles. The van der Waals surface area contributed by atoms with Crippen LogP contribution in [0, 0.1) is 6.92 Å². The fourth-order valence-corrected chi connectivity index (χ4v) is 2.20. The fraction of sp³-hybridized carbons (Fsp3) is 0.235. The number of nitrogens with one attached hydrogen (secondary N) is 1. The van der Waals surface area contributed by atoms with Gasteiger partial charge >= 0.3 is 5.97 Å². The number of nitrogen functional groups attached to an aromatic ring is 1. The van der Waals surface area contributed by atoms with E-state index in [1.807, 2.05) is 6.07 Å².